The van der Waals surface area contributed by atoms with Crippen LogP contribution in [0.3, 0.4) is 0 Å². The highest BCUT2D eigenvalue weighted by molar-refractivity contribution is 7.18. The van der Waals surface area contributed by atoms with Crippen molar-refractivity contribution in [3.63, 3.8) is 0 Å². The second kappa shape index (κ2) is 10.5. The van der Waals surface area contributed by atoms with Crippen molar-refractivity contribution < 1.29 is 9.90 Å². The number of piperidine rings is 1. The zero-order valence-electron chi connectivity index (χ0n) is 22.6. The number of nitriles is 1. The van der Waals surface area contributed by atoms with Crippen LogP contribution in [0.2, 0.25) is 0 Å². The van der Waals surface area contributed by atoms with Crippen LogP contribution in [-0.4, -0.2) is 67.1 Å². The van der Waals surface area contributed by atoms with E-state index in [2.05, 4.69) is 50.7 Å². The maximum atomic E-state index is 12.1. The summed E-state index contributed by atoms with van der Waals surface area (Å²) in [5.41, 5.74) is 4.71. The van der Waals surface area contributed by atoms with E-state index in [-0.39, 0.29) is 18.0 Å². The van der Waals surface area contributed by atoms with Gasteiger partial charge >= 0.3 is 0 Å². The molecular weight excluding hydrogens is 526 g/mol. The van der Waals surface area contributed by atoms with Crippen LogP contribution in [0.5, 0.6) is 0 Å². The minimum Gasteiger partial charge on any atom is -0.384 e. The van der Waals surface area contributed by atoms with E-state index in [0.717, 1.165) is 64.2 Å². The first-order valence-electron chi connectivity index (χ1n) is 13.5. The quantitative estimate of drug-likeness (QED) is 0.312. The first kappa shape index (κ1) is 26.2. The Kier molecular flexibility index (Phi) is 6.85. The van der Waals surface area contributed by atoms with Crippen molar-refractivity contribution in [3.05, 3.63) is 42.2 Å². The molecule has 0 spiro atoms. The van der Waals surface area contributed by atoms with E-state index in [1.54, 1.807) is 28.1 Å². The van der Waals surface area contributed by atoms with Crippen LogP contribution in [0.25, 0.3) is 27.5 Å². The number of nitrogens with one attached hydrogen (secondary N) is 2. The van der Waals surface area contributed by atoms with Gasteiger partial charge < -0.3 is 20.6 Å². The topological polar surface area (TPSA) is 144 Å². The van der Waals surface area contributed by atoms with Crippen LogP contribution < -0.4 is 15.5 Å². The first-order valence-corrected chi connectivity index (χ1v) is 14.3. The molecule has 4 aromatic rings. The maximum Gasteiger partial charge on any atom is 0.248 e. The van der Waals surface area contributed by atoms with Gasteiger partial charge in [-0.15, -0.1) is 10.2 Å². The Morgan fingerprint density at radius 2 is 1.93 bits per heavy atom. The lowest BCUT2D eigenvalue weighted by atomic mass is 9.92. The van der Waals surface area contributed by atoms with E-state index in [1.165, 1.54) is 6.92 Å². The van der Waals surface area contributed by atoms with Gasteiger partial charge in [-0.05, 0) is 69.7 Å². The van der Waals surface area contributed by atoms with E-state index in [4.69, 9.17) is 4.98 Å². The number of aliphatic hydroxyl groups excluding tert-OH is 1. The number of carbonyl (C=O) groups is 1. The van der Waals surface area contributed by atoms with Crippen molar-refractivity contribution in [3.8, 4) is 28.0 Å². The van der Waals surface area contributed by atoms with Crippen molar-refractivity contribution in [2.24, 2.45) is 11.8 Å². The lowest BCUT2D eigenvalue weighted by Gasteiger charge is -2.38. The molecule has 1 aliphatic heterocycles. The van der Waals surface area contributed by atoms with Gasteiger partial charge in [0.15, 0.2) is 5.01 Å². The number of rotatable bonds is 7. The molecular formula is C28H31N9O2S. The van der Waals surface area contributed by atoms with Crippen molar-refractivity contribution in [2.45, 2.75) is 51.8 Å². The predicted octanol–water partition coefficient (Wildman–Crippen LogP) is 3.32. The molecule has 206 valence electrons. The highest BCUT2D eigenvalue weighted by Gasteiger charge is 2.43. The summed E-state index contributed by atoms with van der Waals surface area (Å²) in [6, 6.07) is 10.1. The number of pyridine rings is 1. The summed E-state index contributed by atoms with van der Waals surface area (Å²) in [5, 5.41) is 40.6. The van der Waals surface area contributed by atoms with E-state index in [0.29, 0.717) is 17.4 Å². The largest absolute Gasteiger partial charge is 0.384 e. The normalized spacial score (nSPS) is 21.0. The van der Waals surface area contributed by atoms with Crippen LogP contribution in [0.1, 0.15) is 39.2 Å². The fourth-order valence-corrected chi connectivity index (χ4v) is 6.69. The summed E-state index contributed by atoms with van der Waals surface area (Å²) in [6.07, 6.45) is 4.48. The highest BCUT2D eigenvalue weighted by Crippen LogP contribution is 2.41. The van der Waals surface area contributed by atoms with E-state index in [9.17, 15) is 15.2 Å². The van der Waals surface area contributed by atoms with Crippen LogP contribution in [0, 0.1) is 23.2 Å². The molecule has 3 atom stereocenters. The van der Waals surface area contributed by atoms with Gasteiger partial charge in [0.25, 0.3) is 0 Å². The lowest BCUT2D eigenvalue weighted by Crippen LogP contribution is -2.54. The Bertz CT molecular complexity index is 1590. The van der Waals surface area contributed by atoms with Gasteiger partial charge in [0.05, 0.1) is 34.2 Å². The average Bonchev–Trinajstić information content (AvgIpc) is 3.64. The number of hydrogen-bond donors (Lipinski definition) is 3. The fourth-order valence-electron chi connectivity index (χ4n) is 5.80. The van der Waals surface area contributed by atoms with Crippen molar-refractivity contribution in [1.29, 1.82) is 5.26 Å². The molecule has 3 N–H and O–H groups in total. The molecule has 5 heterocycles. The summed E-state index contributed by atoms with van der Waals surface area (Å²) in [7, 11) is 0. The number of aliphatic hydroxyl groups is 1. The smallest absolute Gasteiger partial charge is 0.248 e. The van der Waals surface area contributed by atoms with Gasteiger partial charge in [-0.3, -0.25) is 9.78 Å². The third-order valence-electron chi connectivity index (χ3n) is 7.68. The van der Waals surface area contributed by atoms with Crippen molar-refractivity contribution in [2.75, 3.05) is 23.3 Å². The Hall–Kier alpha value is -4.08. The first-order chi connectivity index (χ1) is 19.3. The molecule has 2 bridgehead atoms. The summed E-state index contributed by atoms with van der Waals surface area (Å²) < 4.78 is 1.78. The number of aromatic nitrogens is 5. The zero-order chi connectivity index (χ0) is 28.0. The highest BCUT2D eigenvalue weighted by atomic mass is 32.1. The Morgan fingerprint density at radius 3 is 2.62 bits per heavy atom. The summed E-state index contributed by atoms with van der Waals surface area (Å²) in [6.45, 7) is 7.27. The molecule has 2 fully saturated rings. The van der Waals surface area contributed by atoms with E-state index < -0.39 is 6.10 Å². The zero-order valence-corrected chi connectivity index (χ0v) is 23.4. The fraction of sp³-hybridized carbons (Fsp3) is 0.429. The van der Waals surface area contributed by atoms with Gasteiger partial charge in [0.1, 0.15) is 12.2 Å². The Morgan fingerprint density at radius 1 is 1.15 bits per heavy atom. The molecule has 1 saturated heterocycles. The second-order valence-corrected chi connectivity index (χ2v) is 11.9. The van der Waals surface area contributed by atoms with Crippen molar-refractivity contribution in [1.82, 2.24) is 30.1 Å². The molecule has 1 saturated carbocycles. The van der Waals surface area contributed by atoms with E-state index in [1.807, 2.05) is 24.4 Å². The number of fused-ring (bicyclic) bond motifs is 3. The number of hydrogen-bond acceptors (Lipinski definition) is 10. The van der Waals surface area contributed by atoms with Gasteiger partial charge in [-0.1, -0.05) is 11.3 Å². The maximum absolute atomic E-state index is 12.1. The number of anilines is 2. The third-order valence-corrected chi connectivity index (χ3v) is 8.69. The monoisotopic (exact) mass is 557 g/mol. The molecule has 0 aromatic carbocycles. The minimum absolute atomic E-state index is 0.0930. The van der Waals surface area contributed by atoms with Gasteiger partial charge in [0, 0.05) is 37.1 Å². The molecule has 12 heteroatoms. The third kappa shape index (κ3) is 4.87. The SMILES string of the molecule is CC(C)Nc1cc(-c2ccc3cc(C#N)cnn23)ncc1-c1nnc(N2C[C@H]3CC[C@H](C2)C3NC(=O)[C@@H](C)O)s1. The lowest BCUT2D eigenvalue weighted by molar-refractivity contribution is -0.129. The van der Waals surface area contributed by atoms with Crippen LogP contribution in [-0.2, 0) is 4.79 Å². The van der Waals surface area contributed by atoms with E-state index >= 15 is 0 Å². The standard InChI is InChI=1S/C28H31N9O2S/c1-15(2)32-22-9-23(24-7-6-20-8-17(10-29)11-31-37(20)24)30-12-21(22)27-34-35-28(40-27)36-13-18-4-5-19(14-36)25(18)33-26(39)16(3)38/h6-9,11-12,15-16,18-19,25,38H,4-5,13-14H2,1-3H3,(H,30,32)(H,33,39)/t16-,18-,19-/m1/s1. The number of carbonyl (C=O) groups excluding carboxylic acids is 1. The predicted molar refractivity (Wildman–Crippen MR) is 153 cm³/mol. The molecule has 2 aliphatic rings. The number of amides is 1. The molecule has 11 nitrogen and oxygen atoms in total. The molecule has 1 amide bonds. The summed E-state index contributed by atoms with van der Waals surface area (Å²) in [4.78, 5) is 19.2. The second-order valence-electron chi connectivity index (χ2n) is 10.9. The minimum atomic E-state index is -0.999. The summed E-state index contributed by atoms with van der Waals surface area (Å²) in [5.74, 6) is 0.343. The molecule has 4 aromatic heterocycles. The van der Waals surface area contributed by atoms with Gasteiger partial charge in [0.2, 0.25) is 11.0 Å². The van der Waals surface area contributed by atoms with Crippen molar-refractivity contribution >= 4 is 33.6 Å². The molecule has 0 unspecified atom stereocenters. The van der Waals surface area contributed by atoms with Crippen LogP contribution in [0.15, 0.2) is 36.7 Å². The van der Waals surface area contributed by atoms with Gasteiger partial charge in [-0.2, -0.15) is 10.4 Å². The van der Waals surface area contributed by atoms with Gasteiger partial charge in [-0.25, -0.2) is 4.52 Å². The molecule has 1 aliphatic carbocycles. The summed E-state index contributed by atoms with van der Waals surface area (Å²) >= 11 is 1.54. The molecule has 40 heavy (non-hydrogen) atoms. The molecule has 0 radical (unpaired) electrons. The number of nitrogens with zero attached hydrogens (tertiary/aromatic N) is 7. The van der Waals surface area contributed by atoms with Crippen LogP contribution >= 0.6 is 11.3 Å². The average molecular weight is 558 g/mol. The Balaban J connectivity index is 1.26. The van der Waals surface area contributed by atoms with Crippen LogP contribution in [0.4, 0.5) is 10.8 Å². The molecule has 6 rings (SSSR count). The Labute approximate surface area is 235 Å².